The van der Waals surface area contributed by atoms with Gasteiger partial charge in [0.15, 0.2) is 0 Å². The first-order chi connectivity index (χ1) is 18.4. The van der Waals surface area contributed by atoms with E-state index in [0.717, 1.165) is 11.4 Å². The zero-order chi connectivity index (χ0) is 24.6. The van der Waals surface area contributed by atoms with Crippen LogP contribution in [0.15, 0.2) is 152 Å². The van der Waals surface area contributed by atoms with Crippen molar-refractivity contribution in [1.82, 2.24) is 0 Å². The maximum absolute atomic E-state index is 2.45. The SMILES string of the molecule is c1ccc(-c2ccccc2N(c2ccccc2)c2c3ccccc3cc3cc4ccccc4cc23)cc1. The van der Waals surface area contributed by atoms with Crippen LogP contribution in [0.3, 0.4) is 0 Å². The zero-order valence-corrected chi connectivity index (χ0v) is 20.4. The third kappa shape index (κ3) is 3.73. The van der Waals surface area contributed by atoms with Gasteiger partial charge in [-0.1, -0.05) is 115 Å². The molecule has 0 amide bonds. The van der Waals surface area contributed by atoms with Crippen molar-refractivity contribution in [3.8, 4) is 11.1 Å². The predicted octanol–water partition coefficient (Wildman–Crippen LogP) is 10.3. The summed E-state index contributed by atoms with van der Waals surface area (Å²) in [7, 11) is 0. The summed E-state index contributed by atoms with van der Waals surface area (Å²) in [5, 5.41) is 7.45. The molecule has 37 heavy (non-hydrogen) atoms. The number of nitrogens with zero attached hydrogens (tertiary/aromatic N) is 1. The van der Waals surface area contributed by atoms with Gasteiger partial charge in [0.2, 0.25) is 0 Å². The molecule has 7 aromatic carbocycles. The number of para-hydroxylation sites is 2. The van der Waals surface area contributed by atoms with E-state index in [1.165, 1.54) is 49.1 Å². The molecular formula is C36H25N. The Labute approximate surface area is 216 Å². The Balaban J connectivity index is 1.63. The molecule has 0 aliphatic rings. The molecule has 0 spiro atoms. The van der Waals surface area contributed by atoms with E-state index in [0.29, 0.717) is 0 Å². The van der Waals surface area contributed by atoms with Crippen molar-refractivity contribution in [2.45, 2.75) is 0 Å². The second-order valence-electron chi connectivity index (χ2n) is 9.42. The van der Waals surface area contributed by atoms with Crippen LogP contribution in [0.1, 0.15) is 0 Å². The summed E-state index contributed by atoms with van der Waals surface area (Å²) in [6.45, 7) is 0. The Hall–Kier alpha value is -4.88. The first-order valence-corrected chi connectivity index (χ1v) is 12.7. The highest BCUT2D eigenvalue weighted by atomic mass is 15.1. The minimum atomic E-state index is 1.14. The van der Waals surface area contributed by atoms with Crippen molar-refractivity contribution in [2.24, 2.45) is 0 Å². The summed E-state index contributed by atoms with van der Waals surface area (Å²) >= 11 is 0. The molecule has 0 atom stereocenters. The summed E-state index contributed by atoms with van der Waals surface area (Å²) in [4.78, 5) is 2.45. The largest absolute Gasteiger partial charge is 0.309 e. The molecule has 0 fully saturated rings. The van der Waals surface area contributed by atoms with E-state index < -0.39 is 0 Å². The maximum Gasteiger partial charge on any atom is 0.0618 e. The second-order valence-corrected chi connectivity index (χ2v) is 9.42. The van der Waals surface area contributed by atoms with E-state index in [2.05, 4.69) is 157 Å². The van der Waals surface area contributed by atoms with Crippen LogP contribution in [0.25, 0.3) is 43.4 Å². The number of hydrogen-bond acceptors (Lipinski definition) is 1. The monoisotopic (exact) mass is 471 g/mol. The number of fused-ring (bicyclic) bond motifs is 3. The van der Waals surface area contributed by atoms with Crippen LogP contribution in [0.4, 0.5) is 17.1 Å². The highest BCUT2D eigenvalue weighted by molar-refractivity contribution is 6.17. The third-order valence-electron chi connectivity index (χ3n) is 7.17. The molecular weight excluding hydrogens is 446 g/mol. The van der Waals surface area contributed by atoms with Gasteiger partial charge in [-0.25, -0.2) is 0 Å². The average molecular weight is 472 g/mol. The normalized spacial score (nSPS) is 11.2. The van der Waals surface area contributed by atoms with Crippen molar-refractivity contribution < 1.29 is 0 Å². The minimum absolute atomic E-state index is 1.14. The average Bonchev–Trinajstić information content (AvgIpc) is 2.97. The van der Waals surface area contributed by atoms with Gasteiger partial charge in [-0.3, -0.25) is 0 Å². The number of hydrogen-bond donors (Lipinski definition) is 0. The molecule has 7 aromatic rings. The number of benzene rings is 7. The molecule has 174 valence electrons. The van der Waals surface area contributed by atoms with Gasteiger partial charge in [0.1, 0.15) is 0 Å². The van der Waals surface area contributed by atoms with E-state index in [9.17, 15) is 0 Å². The van der Waals surface area contributed by atoms with E-state index in [-0.39, 0.29) is 0 Å². The fraction of sp³-hybridized carbons (Fsp3) is 0. The van der Waals surface area contributed by atoms with Crippen LogP contribution < -0.4 is 4.90 Å². The third-order valence-corrected chi connectivity index (χ3v) is 7.17. The van der Waals surface area contributed by atoms with Crippen LogP contribution in [-0.2, 0) is 0 Å². The molecule has 0 bridgehead atoms. The Morgan fingerprint density at radius 3 is 1.73 bits per heavy atom. The summed E-state index contributed by atoms with van der Waals surface area (Å²) in [6.07, 6.45) is 0. The van der Waals surface area contributed by atoms with Crippen LogP contribution in [0, 0.1) is 0 Å². The van der Waals surface area contributed by atoms with E-state index in [4.69, 9.17) is 0 Å². The molecule has 0 aliphatic heterocycles. The number of rotatable bonds is 4. The van der Waals surface area contributed by atoms with Gasteiger partial charge < -0.3 is 4.90 Å². The summed E-state index contributed by atoms with van der Waals surface area (Å²) in [6, 6.07) is 54.5. The number of anilines is 3. The Kier molecular flexibility index (Phi) is 5.19. The van der Waals surface area contributed by atoms with Gasteiger partial charge in [-0.05, 0) is 63.5 Å². The highest BCUT2D eigenvalue weighted by Crippen LogP contribution is 2.47. The lowest BCUT2D eigenvalue weighted by Gasteiger charge is -2.30. The second kappa shape index (κ2) is 8.96. The Morgan fingerprint density at radius 2 is 0.946 bits per heavy atom. The fourth-order valence-electron chi connectivity index (χ4n) is 5.47. The molecule has 1 nitrogen and oxygen atoms in total. The van der Waals surface area contributed by atoms with Crippen molar-refractivity contribution in [3.05, 3.63) is 152 Å². The van der Waals surface area contributed by atoms with Gasteiger partial charge >= 0.3 is 0 Å². The smallest absolute Gasteiger partial charge is 0.0618 e. The first-order valence-electron chi connectivity index (χ1n) is 12.7. The van der Waals surface area contributed by atoms with Gasteiger partial charge in [-0.15, -0.1) is 0 Å². The fourth-order valence-corrected chi connectivity index (χ4v) is 5.47. The van der Waals surface area contributed by atoms with Gasteiger partial charge in [0.25, 0.3) is 0 Å². The molecule has 0 unspecified atom stereocenters. The Morgan fingerprint density at radius 1 is 0.378 bits per heavy atom. The van der Waals surface area contributed by atoms with Gasteiger partial charge in [0, 0.05) is 22.0 Å². The molecule has 7 rings (SSSR count). The van der Waals surface area contributed by atoms with Gasteiger partial charge in [-0.2, -0.15) is 0 Å². The van der Waals surface area contributed by atoms with Crippen molar-refractivity contribution >= 4 is 49.4 Å². The quantitative estimate of drug-likeness (QED) is 0.231. The molecule has 0 saturated carbocycles. The lowest BCUT2D eigenvalue weighted by Crippen LogP contribution is -2.12. The predicted molar refractivity (Wildman–Crippen MR) is 159 cm³/mol. The molecule has 0 aromatic heterocycles. The first kappa shape index (κ1) is 21.4. The van der Waals surface area contributed by atoms with E-state index >= 15 is 0 Å². The summed E-state index contributed by atoms with van der Waals surface area (Å²) in [5.74, 6) is 0. The summed E-state index contributed by atoms with van der Waals surface area (Å²) in [5.41, 5.74) is 5.90. The maximum atomic E-state index is 2.45. The van der Waals surface area contributed by atoms with Crippen LogP contribution in [0.5, 0.6) is 0 Å². The molecule has 0 aliphatic carbocycles. The molecule has 0 radical (unpaired) electrons. The van der Waals surface area contributed by atoms with Crippen LogP contribution in [-0.4, -0.2) is 0 Å². The standard InChI is InChI=1S/C36H25N/c1-3-13-26(14-4-1)32-20-11-12-22-35(32)37(31-18-5-2-6-19-31)36-33-21-10-9-17-29(33)24-30-23-27-15-7-8-16-28(27)25-34(30)36/h1-25H. The molecule has 1 heteroatoms. The summed E-state index contributed by atoms with van der Waals surface area (Å²) < 4.78 is 0. The lowest BCUT2D eigenvalue weighted by atomic mass is 9.95. The zero-order valence-electron chi connectivity index (χ0n) is 20.4. The molecule has 0 heterocycles. The van der Waals surface area contributed by atoms with E-state index in [1.807, 2.05) is 0 Å². The lowest BCUT2D eigenvalue weighted by molar-refractivity contribution is 1.31. The van der Waals surface area contributed by atoms with Crippen LogP contribution in [0.2, 0.25) is 0 Å². The van der Waals surface area contributed by atoms with Crippen molar-refractivity contribution in [1.29, 1.82) is 0 Å². The van der Waals surface area contributed by atoms with Gasteiger partial charge in [0.05, 0.1) is 11.4 Å². The topological polar surface area (TPSA) is 3.24 Å². The van der Waals surface area contributed by atoms with E-state index in [1.54, 1.807) is 0 Å². The van der Waals surface area contributed by atoms with Crippen molar-refractivity contribution in [3.63, 3.8) is 0 Å². The molecule has 0 saturated heterocycles. The minimum Gasteiger partial charge on any atom is -0.309 e. The highest BCUT2D eigenvalue weighted by Gasteiger charge is 2.21. The Bertz CT molecular complexity index is 1870. The molecule has 0 N–H and O–H groups in total. The van der Waals surface area contributed by atoms with Crippen molar-refractivity contribution in [2.75, 3.05) is 4.90 Å². The van der Waals surface area contributed by atoms with Crippen LogP contribution >= 0.6 is 0 Å².